The van der Waals surface area contributed by atoms with E-state index < -0.39 is 0 Å². The molecule has 3 aromatic rings. The number of benzene rings is 1. The summed E-state index contributed by atoms with van der Waals surface area (Å²) in [6.45, 7) is 11.8. The van der Waals surface area contributed by atoms with Crippen molar-refractivity contribution < 1.29 is 5.11 Å². The minimum atomic E-state index is 0.306. The molecule has 0 radical (unpaired) electrons. The van der Waals surface area contributed by atoms with Gasteiger partial charge in [0.15, 0.2) is 0 Å². The quantitative estimate of drug-likeness (QED) is 0.771. The van der Waals surface area contributed by atoms with E-state index in [1.54, 1.807) is 0 Å². The molecule has 0 aliphatic carbocycles. The molecule has 0 aliphatic heterocycles. The van der Waals surface area contributed by atoms with Gasteiger partial charge >= 0.3 is 0 Å². The summed E-state index contributed by atoms with van der Waals surface area (Å²) >= 11 is 0. The van der Waals surface area contributed by atoms with Crippen LogP contribution in [0.5, 0.6) is 5.75 Å². The molecule has 1 unspecified atom stereocenters. The largest absolute Gasteiger partial charge is 0.508 e. The summed E-state index contributed by atoms with van der Waals surface area (Å²) in [6.07, 6.45) is 3.78. The smallest absolute Gasteiger partial charge is 0.117 e. The Balaban J connectivity index is 2.25. The van der Waals surface area contributed by atoms with Crippen molar-refractivity contribution in [1.82, 2.24) is 14.5 Å². The van der Waals surface area contributed by atoms with E-state index in [-0.39, 0.29) is 0 Å². The molecule has 0 amide bonds. The topological polar surface area (TPSA) is 41.3 Å². The van der Waals surface area contributed by atoms with Crippen LogP contribution in [0.4, 0.5) is 0 Å². The zero-order chi connectivity index (χ0) is 16.6. The van der Waals surface area contributed by atoms with Crippen molar-refractivity contribution in [3.8, 4) is 5.75 Å². The minimum absolute atomic E-state index is 0.306. The predicted octanol–water partition coefficient (Wildman–Crippen LogP) is 4.11. The first-order valence-electron chi connectivity index (χ1n) is 8.36. The number of likely N-dealkylation sites (N-methyl/N-ethyl adjacent to an activating group) is 1. The van der Waals surface area contributed by atoms with Crippen LogP contribution in [0.15, 0.2) is 30.6 Å². The average Bonchev–Trinajstić information content (AvgIpc) is 2.86. The number of phenolic OH excluding ortho intramolecular Hbond substituents is 1. The molecule has 1 N–H and O–H groups in total. The van der Waals surface area contributed by atoms with Gasteiger partial charge in [-0.25, -0.2) is 0 Å². The zero-order valence-corrected chi connectivity index (χ0v) is 14.4. The molecule has 0 saturated heterocycles. The Hall–Kier alpha value is -2.07. The monoisotopic (exact) mass is 311 g/mol. The zero-order valence-electron chi connectivity index (χ0n) is 14.4. The van der Waals surface area contributed by atoms with Crippen LogP contribution in [0, 0.1) is 6.92 Å². The van der Waals surface area contributed by atoms with Crippen molar-refractivity contribution in [2.45, 2.75) is 33.7 Å². The first-order chi connectivity index (χ1) is 11.1. The van der Waals surface area contributed by atoms with E-state index in [9.17, 15) is 5.11 Å². The lowest BCUT2D eigenvalue weighted by Gasteiger charge is -2.25. The van der Waals surface area contributed by atoms with Crippen LogP contribution in [0.3, 0.4) is 0 Å². The summed E-state index contributed by atoms with van der Waals surface area (Å²) < 4.78 is 2.32. The normalized spacial score (nSPS) is 13.3. The van der Waals surface area contributed by atoms with Gasteiger partial charge in [-0.2, -0.15) is 0 Å². The Morgan fingerprint density at radius 2 is 1.96 bits per heavy atom. The van der Waals surface area contributed by atoms with Gasteiger partial charge < -0.3 is 14.6 Å². The molecule has 23 heavy (non-hydrogen) atoms. The van der Waals surface area contributed by atoms with Crippen molar-refractivity contribution in [1.29, 1.82) is 0 Å². The summed E-state index contributed by atoms with van der Waals surface area (Å²) in [5, 5.41) is 12.5. The van der Waals surface area contributed by atoms with Crippen molar-refractivity contribution in [3.63, 3.8) is 0 Å². The Morgan fingerprint density at radius 1 is 1.22 bits per heavy atom. The third-order valence-corrected chi connectivity index (χ3v) is 4.75. The van der Waals surface area contributed by atoms with Crippen LogP contribution in [0.2, 0.25) is 0 Å². The van der Waals surface area contributed by atoms with E-state index in [0.29, 0.717) is 11.8 Å². The summed E-state index contributed by atoms with van der Waals surface area (Å²) in [4.78, 5) is 6.75. The summed E-state index contributed by atoms with van der Waals surface area (Å²) in [7, 11) is 0. The van der Waals surface area contributed by atoms with Gasteiger partial charge in [0.2, 0.25) is 0 Å². The number of aromatic nitrogens is 2. The van der Waals surface area contributed by atoms with E-state index in [4.69, 9.17) is 0 Å². The van der Waals surface area contributed by atoms with Gasteiger partial charge in [0, 0.05) is 35.6 Å². The lowest BCUT2D eigenvalue weighted by atomic mass is 10.1. The molecule has 4 heteroatoms. The van der Waals surface area contributed by atoms with Gasteiger partial charge in [0.25, 0.3) is 0 Å². The molecule has 2 aromatic heterocycles. The number of nitrogens with zero attached hydrogens (tertiary/aromatic N) is 3. The second-order valence-corrected chi connectivity index (χ2v) is 6.25. The SMILES string of the molecule is CCN(CC)CC(C)n1c2cnccc2c2c(C)cc(O)cc21. The Bertz CT molecular complexity index is 833. The standard InChI is InChI=1S/C19H25N3O/c1-5-21(6-2)12-14(4)22-17-10-15(23)9-13(3)19(17)16-7-8-20-11-18(16)22/h7-11,14,23H,5-6,12H2,1-4H3. The maximum Gasteiger partial charge on any atom is 0.117 e. The maximum atomic E-state index is 10.1. The molecule has 0 spiro atoms. The minimum Gasteiger partial charge on any atom is -0.508 e. The highest BCUT2D eigenvalue weighted by Crippen LogP contribution is 2.35. The number of aryl methyl sites for hydroxylation is 1. The number of hydrogen-bond acceptors (Lipinski definition) is 3. The van der Waals surface area contributed by atoms with Crippen LogP contribution < -0.4 is 0 Å². The van der Waals surface area contributed by atoms with Gasteiger partial charge in [-0.1, -0.05) is 13.8 Å². The number of pyridine rings is 1. The molecule has 1 aromatic carbocycles. The van der Waals surface area contributed by atoms with Crippen LogP contribution in [-0.4, -0.2) is 39.2 Å². The second kappa shape index (κ2) is 6.20. The van der Waals surface area contributed by atoms with Crippen molar-refractivity contribution in [2.75, 3.05) is 19.6 Å². The van der Waals surface area contributed by atoms with Gasteiger partial charge in [-0.3, -0.25) is 4.98 Å². The fraction of sp³-hybridized carbons (Fsp3) is 0.421. The third kappa shape index (κ3) is 2.68. The molecule has 1 atom stereocenters. The van der Waals surface area contributed by atoms with E-state index in [2.05, 4.69) is 48.2 Å². The molecule has 2 heterocycles. The molecule has 122 valence electrons. The van der Waals surface area contributed by atoms with Crippen LogP contribution in [0.1, 0.15) is 32.4 Å². The fourth-order valence-electron chi connectivity index (χ4n) is 3.62. The molecule has 3 rings (SSSR count). The van der Waals surface area contributed by atoms with Crippen molar-refractivity contribution in [3.05, 3.63) is 36.2 Å². The highest BCUT2D eigenvalue weighted by atomic mass is 16.3. The van der Waals surface area contributed by atoms with Gasteiger partial charge in [0.1, 0.15) is 5.75 Å². The van der Waals surface area contributed by atoms with Gasteiger partial charge in [-0.05, 0) is 44.6 Å². The number of phenols is 1. The van der Waals surface area contributed by atoms with Crippen LogP contribution in [-0.2, 0) is 0 Å². The van der Waals surface area contributed by atoms with Gasteiger partial charge in [-0.15, -0.1) is 0 Å². The molecule has 0 aliphatic rings. The summed E-state index contributed by atoms with van der Waals surface area (Å²) in [5.41, 5.74) is 3.33. The number of hydrogen-bond donors (Lipinski definition) is 1. The van der Waals surface area contributed by atoms with E-state index >= 15 is 0 Å². The van der Waals surface area contributed by atoms with Crippen molar-refractivity contribution >= 4 is 21.8 Å². The number of fused-ring (bicyclic) bond motifs is 3. The Kier molecular flexibility index (Phi) is 4.26. The average molecular weight is 311 g/mol. The van der Waals surface area contributed by atoms with E-state index in [1.165, 1.54) is 10.8 Å². The van der Waals surface area contributed by atoms with E-state index in [1.807, 2.05) is 24.5 Å². The Labute approximate surface area is 137 Å². The molecular weight excluding hydrogens is 286 g/mol. The first kappa shape index (κ1) is 15.8. The number of rotatable bonds is 5. The lowest BCUT2D eigenvalue weighted by Crippen LogP contribution is -2.29. The molecule has 0 bridgehead atoms. The van der Waals surface area contributed by atoms with Crippen LogP contribution in [0.25, 0.3) is 21.8 Å². The predicted molar refractivity (Wildman–Crippen MR) is 96.1 cm³/mol. The molecular formula is C19H25N3O. The fourth-order valence-corrected chi connectivity index (χ4v) is 3.62. The summed E-state index contributed by atoms with van der Waals surface area (Å²) in [5.74, 6) is 0.321. The highest BCUT2D eigenvalue weighted by Gasteiger charge is 2.18. The summed E-state index contributed by atoms with van der Waals surface area (Å²) in [6, 6.07) is 6.09. The van der Waals surface area contributed by atoms with Gasteiger partial charge in [0.05, 0.1) is 17.2 Å². The van der Waals surface area contributed by atoms with Crippen molar-refractivity contribution in [2.24, 2.45) is 0 Å². The molecule has 0 fully saturated rings. The Morgan fingerprint density at radius 3 is 2.65 bits per heavy atom. The maximum absolute atomic E-state index is 10.1. The highest BCUT2D eigenvalue weighted by molar-refractivity contribution is 6.09. The number of aromatic hydroxyl groups is 1. The molecule has 0 saturated carbocycles. The second-order valence-electron chi connectivity index (χ2n) is 6.25. The first-order valence-corrected chi connectivity index (χ1v) is 8.36. The molecule has 4 nitrogen and oxygen atoms in total. The van der Waals surface area contributed by atoms with Crippen LogP contribution >= 0.6 is 0 Å². The van der Waals surface area contributed by atoms with E-state index in [0.717, 1.165) is 36.2 Å². The third-order valence-electron chi connectivity index (χ3n) is 4.75. The lowest BCUT2D eigenvalue weighted by molar-refractivity contribution is 0.265.